The van der Waals surface area contributed by atoms with Crippen LogP contribution >= 0.6 is 0 Å². The minimum Gasteiger partial charge on any atom is -0.326 e. The van der Waals surface area contributed by atoms with Gasteiger partial charge in [0.2, 0.25) is 15.9 Å². The van der Waals surface area contributed by atoms with E-state index < -0.39 is 10.0 Å². The van der Waals surface area contributed by atoms with Crippen LogP contribution in [0.5, 0.6) is 0 Å². The fourth-order valence-corrected chi connectivity index (χ4v) is 5.14. The summed E-state index contributed by atoms with van der Waals surface area (Å²) in [6.45, 7) is 4.76. The Balaban J connectivity index is 1.64. The van der Waals surface area contributed by atoms with Crippen LogP contribution in [0.4, 0.5) is 5.69 Å². The minimum absolute atomic E-state index is 0.116. The summed E-state index contributed by atoms with van der Waals surface area (Å²) in [7, 11) is -3.58. The average Bonchev–Trinajstić information content (AvgIpc) is 2.73. The van der Waals surface area contributed by atoms with Crippen LogP contribution in [0.25, 0.3) is 0 Å². The van der Waals surface area contributed by atoms with Crippen molar-refractivity contribution >= 4 is 21.6 Å². The molecule has 3 rings (SSSR count). The number of benzene rings is 2. The second-order valence-electron chi connectivity index (χ2n) is 7.80. The van der Waals surface area contributed by atoms with Crippen molar-refractivity contribution in [3.05, 3.63) is 59.7 Å². The van der Waals surface area contributed by atoms with Crippen LogP contribution in [-0.4, -0.2) is 31.7 Å². The second kappa shape index (κ2) is 9.55. The lowest BCUT2D eigenvalue weighted by molar-refractivity contribution is -0.120. The first-order valence-electron chi connectivity index (χ1n) is 10.4. The van der Waals surface area contributed by atoms with E-state index in [1.165, 1.54) is 9.87 Å². The van der Waals surface area contributed by atoms with Crippen molar-refractivity contribution in [1.82, 2.24) is 4.31 Å². The maximum Gasteiger partial charge on any atom is 0.243 e. The van der Waals surface area contributed by atoms with E-state index in [2.05, 4.69) is 12.2 Å². The van der Waals surface area contributed by atoms with Gasteiger partial charge in [-0.1, -0.05) is 43.2 Å². The number of hydrogen-bond acceptors (Lipinski definition) is 3. The van der Waals surface area contributed by atoms with Crippen molar-refractivity contribution in [2.24, 2.45) is 5.92 Å². The summed E-state index contributed by atoms with van der Waals surface area (Å²) >= 11 is 0. The minimum atomic E-state index is -3.58. The maximum atomic E-state index is 12.9. The summed E-state index contributed by atoms with van der Waals surface area (Å²) < 4.78 is 27.3. The molecule has 0 aromatic heterocycles. The lowest BCUT2D eigenvalue weighted by Gasteiger charge is -2.31. The number of unbranched alkanes of at least 4 members (excludes halogenated alkanes) is 1. The third kappa shape index (κ3) is 5.46. The van der Waals surface area contributed by atoms with Gasteiger partial charge in [-0.05, 0) is 62.4 Å². The molecule has 1 atom stereocenters. The van der Waals surface area contributed by atoms with Gasteiger partial charge in [0, 0.05) is 18.8 Å². The van der Waals surface area contributed by atoms with Gasteiger partial charge in [-0.15, -0.1) is 0 Å². The number of nitrogens with one attached hydrogen (secondary N) is 1. The molecule has 156 valence electrons. The Kier molecular flexibility index (Phi) is 7.09. The Morgan fingerprint density at radius 2 is 1.79 bits per heavy atom. The zero-order valence-electron chi connectivity index (χ0n) is 17.2. The van der Waals surface area contributed by atoms with Gasteiger partial charge in [-0.3, -0.25) is 4.79 Å². The summed E-state index contributed by atoms with van der Waals surface area (Å²) in [5, 5.41) is 2.95. The summed E-state index contributed by atoms with van der Waals surface area (Å²) in [6.07, 6.45) is 4.72. The first-order chi connectivity index (χ1) is 13.9. The largest absolute Gasteiger partial charge is 0.326 e. The molecule has 6 heteroatoms. The fourth-order valence-electron chi connectivity index (χ4n) is 3.61. The second-order valence-corrected chi connectivity index (χ2v) is 9.74. The first-order valence-corrected chi connectivity index (χ1v) is 11.8. The molecule has 0 saturated carbocycles. The van der Waals surface area contributed by atoms with Gasteiger partial charge >= 0.3 is 0 Å². The number of hydrogen-bond donors (Lipinski definition) is 1. The number of rotatable bonds is 7. The van der Waals surface area contributed by atoms with Gasteiger partial charge in [-0.2, -0.15) is 4.31 Å². The smallest absolute Gasteiger partial charge is 0.243 e. The number of carbonyl (C=O) groups excluding carboxylic acids is 1. The highest BCUT2D eigenvalue weighted by Gasteiger charge is 2.33. The Labute approximate surface area is 174 Å². The molecule has 1 N–H and O–H groups in total. The molecule has 0 aliphatic carbocycles. The third-order valence-electron chi connectivity index (χ3n) is 5.45. The molecule has 2 aromatic rings. The van der Waals surface area contributed by atoms with E-state index in [-0.39, 0.29) is 23.3 Å². The number of anilines is 1. The van der Waals surface area contributed by atoms with E-state index in [1.54, 1.807) is 24.3 Å². The molecule has 1 aliphatic rings. The summed E-state index contributed by atoms with van der Waals surface area (Å²) in [5.74, 6) is -0.459. The Morgan fingerprint density at radius 3 is 2.45 bits per heavy atom. The zero-order valence-corrected chi connectivity index (χ0v) is 18.0. The van der Waals surface area contributed by atoms with Crippen LogP contribution in [-0.2, 0) is 21.2 Å². The Hall–Kier alpha value is -2.18. The monoisotopic (exact) mass is 414 g/mol. The van der Waals surface area contributed by atoms with Crippen molar-refractivity contribution in [2.45, 2.75) is 50.8 Å². The highest BCUT2D eigenvalue weighted by atomic mass is 32.2. The van der Waals surface area contributed by atoms with Crippen molar-refractivity contribution in [3.8, 4) is 0 Å². The Morgan fingerprint density at radius 1 is 1.10 bits per heavy atom. The van der Waals surface area contributed by atoms with Crippen LogP contribution in [0.15, 0.2) is 53.4 Å². The number of sulfonamides is 1. The molecule has 2 aromatic carbocycles. The standard InChI is InChI=1S/C23H30N2O3S/c1-3-4-6-19-10-12-21(13-11-19)24-23(26)20-7-5-16-25(17-20)29(27,28)22-14-8-18(2)9-15-22/h8-15,20H,3-7,16-17H2,1-2H3,(H,24,26)/t20-/m1/s1. The normalized spacial score (nSPS) is 17.8. The predicted molar refractivity (Wildman–Crippen MR) is 116 cm³/mol. The number of amides is 1. The quantitative estimate of drug-likeness (QED) is 0.731. The summed E-state index contributed by atoms with van der Waals surface area (Å²) in [6, 6.07) is 14.8. The van der Waals surface area contributed by atoms with Gasteiger partial charge in [0.15, 0.2) is 0 Å². The van der Waals surface area contributed by atoms with Gasteiger partial charge in [-0.25, -0.2) is 8.42 Å². The molecule has 29 heavy (non-hydrogen) atoms. The number of carbonyl (C=O) groups is 1. The molecule has 1 aliphatic heterocycles. The van der Waals surface area contributed by atoms with Gasteiger partial charge in [0.05, 0.1) is 10.8 Å². The molecule has 1 amide bonds. The molecular formula is C23H30N2O3S. The lowest BCUT2D eigenvalue weighted by Crippen LogP contribution is -2.43. The van der Waals surface area contributed by atoms with Crippen LogP contribution in [0.3, 0.4) is 0 Å². The molecule has 5 nitrogen and oxygen atoms in total. The Bertz CT molecular complexity index is 922. The average molecular weight is 415 g/mol. The van der Waals surface area contributed by atoms with E-state index in [4.69, 9.17) is 0 Å². The van der Waals surface area contributed by atoms with Crippen LogP contribution in [0.2, 0.25) is 0 Å². The zero-order chi connectivity index (χ0) is 20.9. The van der Waals surface area contributed by atoms with Crippen LogP contribution in [0.1, 0.15) is 43.7 Å². The van der Waals surface area contributed by atoms with Crippen LogP contribution < -0.4 is 5.32 Å². The molecule has 0 bridgehead atoms. The molecule has 1 heterocycles. The molecule has 1 fully saturated rings. The first kappa shape index (κ1) is 21.5. The third-order valence-corrected chi connectivity index (χ3v) is 7.33. The summed E-state index contributed by atoms with van der Waals surface area (Å²) in [4.78, 5) is 13.0. The van der Waals surface area contributed by atoms with Crippen LogP contribution in [0, 0.1) is 12.8 Å². The van der Waals surface area contributed by atoms with E-state index in [9.17, 15) is 13.2 Å². The molecular weight excluding hydrogens is 384 g/mol. The van der Waals surface area contributed by atoms with E-state index in [0.717, 1.165) is 30.5 Å². The number of piperidine rings is 1. The van der Waals surface area contributed by atoms with Gasteiger partial charge in [0.25, 0.3) is 0 Å². The van der Waals surface area contributed by atoms with Gasteiger partial charge in [0.1, 0.15) is 0 Å². The fraction of sp³-hybridized carbons (Fsp3) is 0.435. The highest BCUT2D eigenvalue weighted by Crippen LogP contribution is 2.25. The van der Waals surface area contributed by atoms with Crippen molar-refractivity contribution in [1.29, 1.82) is 0 Å². The van der Waals surface area contributed by atoms with Gasteiger partial charge < -0.3 is 5.32 Å². The topological polar surface area (TPSA) is 66.5 Å². The van der Waals surface area contributed by atoms with Crippen molar-refractivity contribution in [3.63, 3.8) is 0 Å². The summed E-state index contributed by atoms with van der Waals surface area (Å²) in [5.41, 5.74) is 3.03. The molecule has 0 radical (unpaired) electrons. The molecule has 0 spiro atoms. The predicted octanol–water partition coefficient (Wildman–Crippen LogP) is 4.38. The lowest BCUT2D eigenvalue weighted by atomic mass is 9.98. The molecule has 1 saturated heterocycles. The number of aryl methyl sites for hydroxylation is 2. The van der Waals surface area contributed by atoms with E-state index >= 15 is 0 Å². The highest BCUT2D eigenvalue weighted by molar-refractivity contribution is 7.89. The SMILES string of the molecule is CCCCc1ccc(NC(=O)[C@@H]2CCCN(S(=O)(=O)c3ccc(C)cc3)C2)cc1. The van der Waals surface area contributed by atoms with Crippen molar-refractivity contribution < 1.29 is 13.2 Å². The molecule has 0 unspecified atom stereocenters. The number of nitrogens with zero attached hydrogens (tertiary/aromatic N) is 1. The van der Waals surface area contributed by atoms with E-state index in [1.807, 2.05) is 31.2 Å². The van der Waals surface area contributed by atoms with Crippen molar-refractivity contribution in [2.75, 3.05) is 18.4 Å². The van der Waals surface area contributed by atoms with E-state index in [0.29, 0.717) is 19.4 Å². The maximum absolute atomic E-state index is 12.9.